The van der Waals surface area contributed by atoms with Crippen LogP contribution in [-0.4, -0.2) is 129 Å². The SMILES string of the molecule is CN1CCN(C2CCCC(NC(=O)OC(C)(C)C)C2)CC1.CNC1CCCC(N2CCN(C)CC2)C1.[H-].[K+]. The van der Waals surface area contributed by atoms with Crippen molar-refractivity contribution in [1.82, 2.24) is 30.2 Å². The van der Waals surface area contributed by atoms with Gasteiger partial charge in [-0.25, -0.2) is 4.79 Å². The first kappa shape index (κ1) is 33.9. The molecule has 9 heteroatoms. The molecule has 2 aliphatic heterocycles. The molecule has 37 heavy (non-hydrogen) atoms. The van der Waals surface area contributed by atoms with Crippen LogP contribution in [0.2, 0.25) is 0 Å². The molecule has 2 N–H and O–H groups in total. The van der Waals surface area contributed by atoms with E-state index < -0.39 is 5.60 Å². The third-order valence-corrected chi connectivity index (χ3v) is 8.53. The zero-order chi connectivity index (χ0) is 26.1. The molecule has 4 fully saturated rings. The molecule has 2 saturated heterocycles. The van der Waals surface area contributed by atoms with E-state index in [9.17, 15) is 4.79 Å². The van der Waals surface area contributed by atoms with Gasteiger partial charge in [0, 0.05) is 76.5 Å². The van der Waals surface area contributed by atoms with E-state index in [0.29, 0.717) is 6.04 Å². The van der Waals surface area contributed by atoms with Crippen molar-refractivity contribution in [2.24, 2.45) is 0 Å². The fourth-order valence-corrected chi connectivity index (χ4v) is 6.23. The van der Waals surface area contributed by atoms with Gasteiger partial charge in [0.05, 0.1) is 0 Å². The number of alkyl carbamates (subject to hydrolysis) is 1. The van der Waals surface area contributed by atoms with Gasteiger partial charge < -0.3 is 26.6 Å². The van der Waals surface area contributed by atoms with E-state index in [4.69, 9.17) is 4.74 Å². The van der Waals surface area contributed by atoms with Crippen molar-refractivity contribution in [3.05, 3.63) is 0 Å². The van der Waals surface area contributed by atoms with Gasteiger partial charge in [0.25, 0.3) is 0 Å². The molecule has 8 nitrogen and oxygen atoms in total. The van der Waals surface area contributed by atoms with Crippen LogP contribution in [0.4, 0.5) is 4.79 Å². The van der Waals surface area contributed by atoms with Gasteiger partial charge in [-0.1, -0.05) is 6.42 Å². The summed E-state index contributed by atoms with van der Waals surface area (Å²) in [6, 6.07) is 2.50. The van der Waals surface area contributed by atoms with Crippen molar-refractivity contribution < 1.29 is 62.3 Å². The third kappa shape index (κ3) is 12.4. The van der Waals surface area contributed by atoms with Crippen LogP contribution >= 0.6 is 0 Å². The molecule has 0 spiro atoms. The van der Waals surface area contributed by atoms with E-state index >= 15 is 0 Å². The minimum atomic E-state index is -0.421. The van der Waals surface area contributed by atoms with Crippen molar-refractivity contribution in [3.63, 3.8) is 0 Å². The summed E-state index contributed by atoms with van der Waals surface area (Å²) in [6.45, 7) is 15.4. The number of amides is 1. The number of hydrogen-bond donors (Lipinski definition) is 2. The second-order valence-electron chi connectivity index (χ2n) is 12.6. The van der Waals surface area contributed by atoms with Gasteiger partial charge in [0.15, 0.2) is 0 Å². The molecule has 0 aromatic rings. The van der Waals surface area contributed by atoms with Crippen LogP contribution in [0.15, 0.2) is 0 Å². The predicted molar refractivity (Wildman–Crippen MR) is 150 cm³/mol. The Morgan fingerprint density at radius 3 is 1.62 bits per heavy atom. The van der Waals surface area contributed by atoms with Gasteiger partial charge in [-0.15, -0.1) is 0 Å². The van der Waals surface area contributed by atoms with Crippen LogP contribution in [0.25, 0.3) is 0 Å². The topological polar surface area (TPSA) is 63.3 Å². The third-order valence-electron chi connectivity index (χ3n) is 8.53. The Hall–Kier alpha value is 0.706. The van der Waals surface area contributed by atoms with Crippen molar-refractivity contribution in [3.8, 4) is 0 Å². The van der Waals surface area contributed by atoms with E-state index in [2.05, 4.69) is 51.4 Å². The molecular formula is C28H57KN6O2. The van der Waals surface area contributed by atoms with Crippen molar-refractivity contribution in [2.45, 2.75) is 102 Å². The van der Waals surface area contributed by atoms with Crippen LogP contribution in [0.5, 0.6) is 0 Å². The summed E-state index contributed by atoms with van der Waals surface area (Å²) in [5.41, 5.74) is -0.421. The van der Waals surface area contributed by atoms with Crippen molar-refractivity contribution >= 4 is 6.09 Å². The number of piperazine rings is 2. The first-order valence-electron chi connectivity index (χ1n) is 14.6. The molecule has 0 aromatic carbocycles. The molecular weight excluding hydrogens is 491 g/mol. The molecule has 4 aliphatic rings. The largest absolute Gasteiger partial charge is 1.00 e. The Morgan fingerprint density at radius 2 is 1.19 bits per heavy atom. The molecule has 0 radical (unpaired) electrons. The number of carbonyl (C=O) groups excluding carboxylic acids is 1. The fourth-order valence-electron chi connectivity index (χ4n) is 6.23. The number of rotatable bonds is 4. The van der Waals surface area contributed by atoms with Crippen LogP contribution in [0, 0.1) is 0 Å². The standard InChI is InChI=1S/C16H31N3O2.C12H25N3.K.H/c1-16(2,3)21-15(20)17-13-6-5-7-14(12-13)19-10-8-18(4)9-11-19;1-13-11-4-3-5-12(10-11)15-8-6-14(2)7-9-15;;/h13-14H,5-12H2,1-4H3,(H,17,20);11-13H,3-10H2,1-2H3;;/q;;+1;-1. The maximum absolute atomic E-state index is 11.9. The Bertz CT molecular complexity index is 654. The van der Waals surface area contributed by atoms with Gasteiger partial charge in [0.1, 0.15) is 5.60 Å². The van der Waals surface area contributed by atoms with E-state index in [0.717, 1.165) is 51.1 Å². The Morgan fingerprint density at radius 1 is 0.757 bits per heavy atom. The molecule has 0 bridgehead atoms. The number of likely N-dealkylation sites (N-methyl/N-ethyl adjacent to an activating group) is 2. The molecule has 4 rings (SSSR count). The Labute approximate surface area is 271 Å². The summed E-state index contributed by atoms with van der Waals surface area (Å²) in [7, 11) is 6.52. The summed E-state index contributed by atoms with van der Waals surface area (Å²) in [4.78, 5) is 22.0. The zero-order valence-corrected chi connectivity index (χ0v) is 28.4. The first-order chi connectivity index (χ1) is 17.1. The summed E-state index contributed by atoms with van der Waals surface area (Å²) in [5.74, 6) is 0. The first-order valence-corrected chi connectivity index (χ1v) is 14.6. The second-order valence-corrected chi connectivity index (χ2v) is 12.6. The predicted octanol–water partition coefficient (Wildman–Crippen LogP) is -0.0494. The smallest absolute Gasteiger partial charge is 1.00 e. The summed E-state index contributed by atoms with van der Waals surface area (Å²) < 4.78 is 5.36. The fraction of sp³-hybridized carbons (Fsp3) is 0.964. The van der Waals surface area contributed by atoms with E-state index in [1.54, 1.807) is 0 Å². The quantitative estimate of drug-likeness (QED) is 0.478. The van der Waals surface area contributed by atoms with Gasteiger partial charge in [0.2, 0.25) is 0 Å². The molecule has 2 aliphatic carbocycles. The molecule has 0 aromatic heterocycles. The molecule has 4 atom stereocenters. The average molecular weight is 549 g/mol. The maximum Gasteiger partial charge on any atom is 1.00 e. The van der Waals surface area contributed by atoms with Crippen molar-refractivity contribution in [2.75, 3.05) is 73.5 Å². The average Bonchev–Trinajstić information content (AvgIpc) is 2.84. The van der Waals surface area contributed by atoms with Gasteiger partial charge >= 0.3 is 57.5 Å². The van der Waals surface area contributed by atoms with E-state index in [1.165, 1.54) is 64.7 Å². The van der Waals surface area contributed by atoms with Gasteiger partial charge in [-0.05, 0) is 86.9 Å². The summed E-state index contributed by atoms with van der Waals surface area (Å²) in [5, 5.41) is 6.50. The van der Waals surface area contributed by atoms with E-state index in [-0.39, 0.29) is 64.9 Å². The molecule has 2 saturated carbocycles. The minimum Gasteiger partial charge on any atom is -1.00 e. The minimum absolute atomic E-state index is 0. The zero-order valence-electron chi connectivity index (χ0n) is 26.2. The number of nitrogens with one attached hydrogen (secondary N) is 2. The molecule has 1 amide bonds. The van der Waals surface area contributed by atoms with Crippen LogP contribution in [0.1, 0.15) is 73.6 Å². The van der Waals surface area contributed by atoms with E-state index in [1.807, 2.05) is 20.8 Å². The molecule has 4 unspecified atom stereocenters. The monoisotopic (exact) mass is 548 g/mol. The Balaban J connectivity index is 0.000000378. The summed E-state index contributed by atoms with van der Waals surface area (Å²) >= 11 is 0. The Kier molecular flexibility index (Phi) is 15.4. The number of nitrogens with zero attached hydrogens (tertiary/aromatic N) is 4. The van der Waals surface area contributed by atoms with Crippen LogP contribution in [0.3, 0.4) is 0 Å². The maximum atomic E-state index is 11.9. The normalized spacial score (nSPS) is 31.0. The molecule has 212 valence electrons. The molecule has 2 heterocycles. The number of carbonyl (C=O) groups is 1. The number of hydrogen-bond acceptors (Lipinski definition) is 7. The van der Waals surface area contributed by atoms with Gasteiger partial charge in [-0.2, -0.15) is 0 Å². The van der Waals surface area contributed by atoms with Gasteiger partial charge in [-0.3, -0.25) is 9.80 Å². The van der Waals surface area contributed by atoms with Crippen LogP contribution in [-0.2, 0) is 4.74 Å². The second kappa shape index (κ2) is 16.8. The van der Waals surface area contributed by atoms with Crippen LogP contribution < -0.4 is 62.0 Å². The van der Waals surface area contributed by atoms with Crippen molar-refractivity contribution in [1.29, 1.82) is 0 Å². The summed E-state index contributed by atoms with van der Waals surface area (Å²) in [6.07, 6.45) is 9.87. The number of ether oxygens (including phenoxy) is 1.